The van der Waals surface area contributed by atoms with Crippen LogP contribution in [0.25, 0.3) is 22.3 Å². The Morgan fingerprint density at radius 3 is 1.11 bits per heavy atom. The molecule has 4 aromatic heterocycles. The number of aryl methyl sites for hydroxylation is 1. The minimum Gasteiger partial charge on any atom is -1.00 e. The highest BCUT2D eigenvalue weighted by Gasteiger charge is 2.02. The van der Waals surface area contributed by atoms with Gasteiger partial charge in [0, 0.05) is 71.7 Å². The fourth-order valence-electron chi connectivity index (χ4n) is 3.01. The molecule has 0 unspecified atom stereocenters. The molecular formula is C28H32Br4N4. The summed E-state index contributed by atoms with van der Waals surface area (Å²) in [5.41, 5.74) is 4.80. The van der Waals surface area contributed by atoms with Gasteiger partial charge in [-0.2, -0.15) is 0 Å². The van der Waals surface area contributed by atoms with Crippen LogP contribution in [0, 0.1) is 0 Å². The predicted octanol–water partition coefficient (Wildman–Crippen LogP) is 4.92. The van der Waals surface area contributed by atoms with Gasteiger partial charge in [-0.25, -0.2) is 4.57 Å². The zero-order valence-corrected chi connectivity index (χ0v) is 26.5. The van der Waals surface area contributed by atoms with Gasteiger partial charge in [-0.1, -0.05) is 47.8 Å². The summed E-state index contributed by atoms with van der Waals surface area (Å²) in [5, 5.41) is 3.36. The molecule has 0 aliphatic carbocycles. The molecule has 4 aromatic rings. The van der Waals surface area contributed by atoms with Crippen LogP contribution in [0.4, 0.5) is 0 Å². The number of hydrogen-bond acceptors (Lipinski definition) is 3. The van der Waals surface area contributed by atoms with Crippen molar-refractivity contribution >= 4 is 47.8 Å². The van der Waals surface area contributed by atoms with E-state index in [1.807, 2.05) is 48.8 Å². The number of unbranched alkanes of at least 4 members (excludes halogenated alkanes) is 2. The SMILES string of the molecule is BrCCCCBr.BrCCCC[n+]1ccc(-c2ccncc2)cc1.[Br-].c1cc(-c2ccncc2)ccn1. The van der Waals surface area contributed by atoms with Crippen LogP contribution in [0.3, 0.4) is 0 Å². The fourth-order valence-corrected chi connectivity index (χ4v) is 4.20. The number of rotatable bonds is 9. The van der Waals surface area contributed by atoms with Crippen LogP contribution in [-0.2, 0) is 6.54 Å². The molecule has 0 atom stereocenters. The summed E-state index contributed by atoms with van der Waals surface area (Å²) in [6, 6.07) is 16.3. The molecule has 4 nitrogen and oxygen atoms in total. The number of pyridine rings is 4. The van der Waals surface area contributed by atoms with Crippen molar-refractivity contribution in [1.29, 1.82) is 0 Å². The van der Waals surface area contributed by atoms with Gasteiger partial charge in [-0.15, -0.1) is 0 Å². The summed E-state index contributed by atoms with van der Waals surface area (Å²) in [6.45, 7) is 1.09. The molecule has 0 aliphatic heterocycles. The third-order valence-corrected chi connectivity index (χ3v) is 6.60. The second-order valence-corrected chi connectivity index (χ2v) is 9.89. The van der Waals surface area contributed by atoms with Gasteiger partial charge < -0.3 is 17.0 Å². The van der Waals surface area contributed by atoms with Crippen LogP contribution >= 0.6 is 47.8 Å². The van der Waals surface area contributed by atoms with Crippen molar-refractivity contribution in [3.05, 3.63) is 98.1 Å². The van der Waals surface area contributed by atoms with Crippen LogP contribution in [0.15, 0.2) is 98.1 Å². The lowest BCUT2D eigenvalue weighted by Gasteiger charge is -2.00. The molecule has 8 heteroatoms. The van der Waals surface area contributed by atoms with E-state index >= 15 is 0 Å². The van der Waals surface area contributed by atoms with Gasteiger partial charge in [0.15, 0.2) is 12.4 Å². The third kappa shape index (κ3) is 13.7. The molecular weight excluding hydrogens is 712 g/mol. The van der Waals surface area contributed by atoms with Crippen molar-refractivity contribution in [2.24, 2.45) is 0 Å². The summed E-state index contributed by atoms with van der Waals surface area (Å²) in [4.78, 5) is 11.9. The van der Waals surface area contributed by atoms with Gasteiger partial charge in [0.2, 0.25) is 0 Å². The molecule has 0 saturated heterocycles. The highest BCUT2D eigenvalue weighted by atomic mass is 79.9. The zero-order chi connectivity index (χ0) is 25.0. The Bertz CT molecular complexity index is 980. The summed E-state index contributed by atoms with van der Waals surface area (Å²) in [7, 11) is 0. The average molecular weight is 744 g/mol. The van der Waals surface area contributed by atoms with E-state index in [1.54, 1.807) is 24.8 Å². The van der Waals surface area contributed by atoms with Gasteiger partial charge in [-0.05, 0) is 77.9 Å². The van der Waals surface area contributed by atoms with Gasteiger partial charge >= 0.3 is 0 Å². The average Bonchev–Trinajstić information content (AvgIpc) is 2.95. The first-order valence-electron chi connectivity index (χ1n) is 11.7. The first kappa shape index (κ1) is 32.5. The Balaban J connectivity index is 0.000000298. The van der Waals surface area contributed by atoms with E-state index in [0.29, 0.717) is 0 Å². The molecule has 0 spiro atoms. The van der Waals surface area contributed by atoms with E-state index in [4.69, 9.17) is 0 Å². The van der Waals surface area contributed by atoms with E-state index in [1.165, 1.54) is 47.9 Å². The smallest absolute Gasteiger partial charge is 0.169 e. The quantitative estimate of drug-likeness (QED) is 0.139. The topological polar surface area (TPSA) is 42.5 Å². The van der Waals surface area contributed by atoms with Crippen LogP contribution in [0.5, 0.6) is 0 Å². The highest BCUT2D eigenvalue weighted by molar-refractivity contribution is 9.09. The maximum Gasteiger partial charge on any atom is 0.169 e. The Morgan fingerprint density at radius 1 is 0.472 bits per heavy atom. The largest absolute Gasteiger partial charge is 1.00 e. The number of alkyl halides is 3. The molecule has 0 bridgehead atoms. The summed E-state index contributed by atoms with van der Waals surface area (Å²) in [6.07, 6.45) is 20.1. The van der Waals surface area contributed by atoms with Crippen LogP contribution in [0.1, 0.15) is 25.7 Å². The number of aromatic nitrogens is 4. The van der Waals surface area contributed by atoms with Gasteiger partial charge in [-0.3, -0.25) is 15.0 Å². The minimum atomic E-state index is 0. The van der Waals surface area contributed by atoms with E-state index in [2.05, 4.69) is 91.8 Å². The Labute approximate surface area is 251 Å². The monoisotopic (exact) mass is 740 g/mol. The number of hydrogen-bond donors (Lipinski definition) is 0. The van der Waals surface area contributed by atoms with Crippen molar-refractivity contribution in [2.75, 3.05) is 16.0 Å². The van der Waals surface area contributed by atoms with E-state index < -0.39 is 0 Å². The molecule has 192 valence electrons. The third-order valence-electron chi connectivity index (χ3n) is 4.92. The summed E-state index contributed by atoms with van der Waals surface area (Å²) < 4.78 is 2.23. The van der Waals surface area contributed by atoms with Crippen LogP contribution < -0.4 is 21.5 Å². The van der Waals surface area contributed by atoms with Crippen LogP contribution in [0.2, 0.25) is 0 Å². The zero-order valence-electron chi connectivity index (χ0n) is 20.2. The van der Waals surface area contributed by atoms with Crippen molar-refractivity contribution < 1.29 is 21.5 Å². The number of halogens is 4. The molecule has 4 rings (SSSR count). The number of nitrogens with zero attached hydrogens (tertiary/aromatic N) is 4. The first-order valence-corrected chi connectivity index (χ1v) is 15.0. The lowest BCUT2D eigenvalue weighted by atomic mass is 10.1. The molecule has 0 aliphatic rings. The maximum absolute atomic E-state index is 4.03. The standard InChI is InChI=1S/C14H16BrN2.C10H8N2.C4H8Br2.BrH/c15-7-1-2-10-17-11-5-14(6-12-17)13-3-8-16-9-4-13;1-5-11-6-2-9(1)10-3-7-12-8-4-10;5-3-1-2-4-6;/h3-6,8-9,11-12H,1-2,7,10H2;1-8H;1-4H2;1H/q+1;;;/p-1. The predicted molar refractivity (Wildman–Crippen MR) is 157 cm³/mol. The van der Waals surface area contributed by atoms with E-state index in [-0.39, 0.29) is 17.0 Å². The lowest BCUT2D eigenvalue weighted by Crippen LogP contribution is -3.00. The summed E-state index contributed by atoms with van der Waals surface area (Å²) >= 11 is 10.1. The van der Waals surface area contributed by atoms with Crippen LogP contribution in [-0.4, -0.2) is 30.9 Å². The van der Waals surface area contributed by atoms with Crippen molar-refractivity contribution in [3.8, 4) is 22.3 Å². The second kappa shape index (κ2) is 21.6. The maximum atomic E-state index is 4.03. The van der Waals surface area contributed by atoms with Crippen molar-refractivity contribution in [3.63, 3.8) is 0 Å². The Kier molecular flexibility index (Phi) is 19.5. The Hall–Kier alpha value is -1.48. The molecule has 0 saturated carbocycles. The highest BCUT2D eigenvalue weighted by Crippen LogP contribution is 2.16. The molecule has 0 fully saturated rings. The molecule has 36 heavy (non-hydrogen) atoms. The van der Waals surface area contributed by atoms with Crippen molar-refractivity contribution in [1.82, 2.24) is 15.0 Å². The molecule has 0 amide bonds. The Morgan fingerprint density at radius 2 is 0.778 bits per heavy atom. The second-order valence-electron chi connectivity index (χ2n) is 7.51. The van der Waals surface area contributed by atoms with Gasteiger partial charge in [0.05, 0.1) is 0 Å². The molecule has 0 aromatic carbocycles. The minimum absolute atomic E-state index is 0. The van der Waals surface area contributed by atoms with Gasteiger partial charge in [0.25, 0.3) is 0 Å². The normalized spacial score (nSPS) is 9.64. The van der Waals surface area contributed by atoms with E-state index in [9.17, 15) is 0 Å². The molecule has 4 heterocycles. The van der Waals surface area contributed by atoms with Gasteiger partial charge in [0.1, 0.15) is 6.54 Å². The van der Waals surface area contributed by atoms with E-state index in [0.717, 1.165) is 22.5 Å². The lowest BCUT2D eigenvalue weighted by molar-refractivity contribution is -0.697. The molecule has 0 radical (unpaired) electrons. The fraction of sp³-hybridized carbons (Fsp3) is 0.286. The van der Waals surface area contributed by atoms with Crippen molar-refractivity contribution in [2.45, 2.75) is 32.2 Å². The molecule has 0 N–H and O–H groups in total. The summed E-state index contributed by atoms with van der Waals surface area (Å²) in [5.74, 6) is 0. The first-order chi connectivity index (χ1) is 17.3.